The molecule has 6 heteroatoms. The zero-order valence-corrected chi connectivity index (χ0v) is 15.3. The molecule has 0 saturated heterocycles. The van der Waals surface area contributed by atoms with E-state index in [1.165, 1.54) is 19.3 Å². The van der Waals surface area contributed by atoms with Gasteiger partial charge in [-0.2, -0.15) is 0 Å². The average molecular weight is 339 g/mol. The molecular weight excluding hydrogens is 306 g/mol. The Balaban J connectivity index is 1.78. The van der Waals surface area contributed by atoms with Gasteiger partial charge in [-0.25, -0.2) is 4.79 Å². The predicted molar refractivity (Wildman–Crippen MR) is 94.0 cm³/mol. The molecule has 6 nitrogen and oxygen atoms in total. The molecule has 0 bridgehead atoms. The lowest BCUT2D eigenvalue weighted by Crippen LogP contribution is -2.58. The molecule has 2 rings (SSSR count). The molecule has 2 saturated carbocycles. The minimum absolute atomic E-state index is 0.0325. The minimum Gasteiger partial charge on any atom is -0.480 e. The summed E-state index contributed by atoms with van der Waals surface area (Å²) >= 11 is 0. The monoisotopic (exact) mass is 339 g/mol. The number of nitrogens with one attached hydrogen (secondary N) is 1. The van der Waals surface area contributed by atoms with Gasteiger partial charge in [0, 0.05) is 25.2 Å². The molecule has 2 atom stereocenters. The van der Waals surface area contributed by atoms with E-state index in [2.05, 4.69) is 12.2 Å². The van der Waals surface area contributed by atoms with Crippen LogP contribution in [0.25, 0.3) is 0 Å². The van der Waals surface area contributed by atoms with E-state index >= 15 is 0 Å². The molecular formula is C18H33N3O3. The van der Waals surface area contributed by atoms with Gasteiger partial charge in [0.1, 0.15) is 0 Å². The first kappa shape index (κ1) is 19.0. The first-order valence-corrected chi connectivity index (χ1v) is 9.45. The van der Waals surface area contributed by atoms with Crippen LogP contribution in [0.5, 0.6) is 0 Å². The van der Waals surface area contributed by atoms with Crippen LogP contribution in [0.4, 0.5) is 4.79 Å². The summed E-state index contributed by atoms with van der Waals surface area (Å²) in [5, 5.41) is 12.1. The topological polar surface area (TPSA) is 72.9 Å². The second kappa shape index (κ2) is 8.70. The molecule has 2 N–H and O–H groups in total. The molecule has 24 heavy (non-hydrogen) atoms. The van der Waals surface area contributed by atoms with Crippen molar-refractivity contribution in [3.63, 3.8) is 0 Å². The zero-order chi connectivity index (χ0) is 17.7. The number of hydrogen-bond donors (Lipinski definition) is 2. The summed E-state index contributed by atoms with van der Waals surface area (Å²) in [6.07, 6.45) is 7.67. The number of rotatable bonds is 7. The number of carboxylic acid groups (broad SMARTS) is 1. The predicted octanol–water partition coefficient (Wildman–Crippen LogP) is 2.53. The number of aliphatic carboxylic acids is 1. The van der Waals surface area contributed by atoms with Gasteiger partial charge in [-0.1, -0.05) is 33.1 Å². The van der Waals surface area contributed by atoms with Gasteiger partial charge in [0.05, 0.1) is 6.54 Å². The number of carbonyl (C=O) groups is 2. The largest absolute Gasteiger partial charge is 0.480 e. The van der Waals surface area contributed by atoms with Gasteiger partial charge < -0.3 is 15.3 Å². The fourth-order valence-electron chi connectivity index (χ4n) is 4.28. The van der Waals surface area contributed by atoms with Crippen LogP contribution >= 0.6 is 0 Å². The van der Waals surface area contributed by atoms with E-state index in [1.54, 1.807) is 0 Å². The highest BCUT2D eigenvalue weighted by Gasteiger charge is 2.36. The molecule has 2 amide bonds. The van der Waals surface area contributed by atoms with Gasteiger partial charge in [0.15, 0.2) is 0 Å². The van der Waals surface area contributed by atoms with E-state index in [-0.39, 0.29) is 24.7 Å². The lowest BCUT2D eigenvalue weighted by atomic mass is 9.82. The van der Waals surface area contributed by atoms with Gasteiger partial charge in [-0.05, 0) is 38.1 Å². The lowest BCUT2D eigenvalue weighted by Gasteiger charge is -2.44. The fraction of sp³-hybridized carbons (Fsp3) is 0.889. The van der Waals surface area contributed by atoms with Crippen molar-refractivity contribution in [3.8, 4) is 0 Å². The van der Waals surface area contributed by atoms with E-state index < -0.39 is 5.97 Å². The summed E-state index contributed by atoms with van der Waals surface area (Å²) in [4.78, 5) is 27.3. The van der Waals surface area contributed by atoms with E-state index in [1.807, 2.05) is 23.8 Å². The van der Waals surface area contributed by atoms with Crippen LogP contribution in [0.3, 0.4) is 0 Å². The number of likely N-dealkylation sites (N-methyl/N-ethyl adjacent to an activating group) is 1. The molecule has 0 spiro atoms. The van der Waals surface area contributed by atoms with E-state index in [0.29, 0.717) is 12.0 Å². The highest BCUT2D eigenvalue weighted by molar-refractivity contribution is 5.74. The fourth-order valence-corrected chi connectivity index (χ4v) is 4.28. The lowest BCUT2D eigenvalue weighted by molar-refractivity contribution is -0.139. The zero-order valence-electron chi connectivity index (χ0n) is 15.3. The van der Waals surface area contributed by atoms with Crippen LogP contribution in [-0.4, -0.2) is 65.2 Å². The smallest absolute Gasteiger partial charge is 0.317 e. The molecule has 138 valence electrons. The van der Waals surface area contributed by atoms with Crippen LogP contribution in [0, 0.1) is 5.92 Å². The Morgan fingerprint density at radius 3 is 2.42 bits per heavy atom. The Bertz CT molecular complexity index is 437. The van der Waals surface area contributed by atoms with E-state index in [0.717, 1.165) is 32.2 Å². The maximum atomic E-state index is 12.5. The maximum absolute atomic E-state index is 12.5. The van der Waals surface area contributed by atoms with Gasteiger partial charge in [0.2, 0.25) is 0 Å². The Labute approximate surface area is 145 Å². The Kier molecular flexibility index (Phi) is 6.90. The number of amides is 2. The van der Waals surface area contributed by atoms with Crippen LogP contribution < -0.4 is 5.32 Å². The standard InChI is InChI=1S/C18H33N3O3/c1-4-13-8-6-7-9-16(13)20(3)18(24)19-14-10-15(11-14)21(5-2)12-17(22)23/h13-16H,4-12H2,1-3H3,(H,19,24)(H,22,23). The summed E-state index contributed by atoms with van der Waals surface area (Å²) in [5.74, 6) is -0.165. The second-order valence-corrected chi connectivity index (χ2v) is 7.36. The normalized spacial score (nSPS) is 29.8. The van der Waals surface area contributed by atoms with Crippen molar-refractivity contribution < 1.29 is 14.7 Å². The molecule has 2 fully saturated rings. The van der Waals surface area contributed by atoms with Crippen molar-refractivity contribution in [1.29, 1.82) is 0 Å². The third-order valence-corrected chi connectivity index (χ3v) is 5.91. The second-order valence-electron chi connectivity index (χ2n) is 7.36. The first-order chi connectivity index (χ1) is 11.5. The average Bonchev–Trinajstić information content (AvgIpc) is 2.54. The van der Waals surface area contributed by atoms with Crippen LogP contribution in [0.2, 0.25) is 0 Å². The molecule has 2 aliphatic rings. The van der Waals surface area contributed by atoms with E-state index in [9.17, 15) is 9.59 Å². The molecule has 0 radical (unpaired) electrons. The number of hydrogen-bond acceptors (Lipinski definition) is 3. The summed E-state index contributed by atoms with van der Waals surface area (Å²) < 4.78 is 0. The Hall–Kier alpha value is -1.30. The van der Waals surface area contributed by atoms with Crippen molar-refractivity contribution in [2.75, 3.05) is 20.1 Å². The third kappa shape index (κ3) is 4.62. The molecule has 0 aromatic heterocycles. The summed E-state index contributed by atoms with van der Waals surface area (Å²) in [7, 11) is 1.92. The van der Waals surface area contributed by atoms with Crippen molar-refractivity contribution in [2.24, 2.45) is 5.92 Å². The van der Waals surface area contributed by atoms with Gasteiger partial charge in [-0.15, -0.1) is 0 Å². The highest BCUT2D eigenvalue weighted by atomic mass is 16.4. The highest BCUT2D eigenvalue weighted by Crippen LogP contribution is 2.31. The van der Waals surface area contributed by atoms with Crippen molar-refractivity contribution in [1.82, 2.24) is 15.1 Å². The van der Waals surface area contributed by atoms with Crippen LogP contribution in [0.1, 0.15) is 58.8 Å². The SMILES string of the molecule is CCC1CCCCC1N(C)C(=O)NC1CC(N(CC)CC(=O)O)C1. The molecule has 0 aliphatic heterocycles. The first-order valence-electron chi connectivity index (χ1n) is 9.45. The third-order valence-electron chi connectivity index (χ3n) is 5.91. The summed E-state index contributed by atoms with van der Waals surface area (Å²) in [6, 6.07) is 0.847. The quantitative estimate of drug-likeness (QED) is 0.747. The van der Waals surface area contributed by atoms with Crippen molar-refractivity contribution in [2.45, 2.75) is 76.9 Å². The number of urea groups is 1. The molecule has 2 aliphatic carbocycles. The van der Waals surface area contributed by atoms with Crippen LogP contribution in [0.15, 0.2) is 0 Å². The number of carbonyl (C=O) groups excluding carboxylic acids is 1. The number of nitrogens with zero attached hydrogens (tertiary/aromatic N) is 2. The van der Waals surface area contributed by atoms with Crippen LogP contribution in [-0.2, 0) is 4.79 Å². The Morgan fingerprint density at radius 2 is 1.83 bits per heavy atom. The van der Waals surface area contributed by atoms with Crippen molar-refractivity contribution in [3.05, 3.63) is 0 Å². The Morgan fingerprint density at radius 1 is 1.17 bits per heavy atom. The molecule has 0 heterocycles. The van der Waals surface area contributed by atoms with Gasteiger partial charge in [0.25, 0.3) is 0 Å². The molecule has 2 unspecified atom stereocenters. The molecule has 0 aromatic rings. The number of carboxylic acids is 1. The molecule has 0 aromatic carbocycles. The van der Waals surface area contributed by atoms with Gasteiger partial charge in [-0.3, -0.25) is 9.69 Å². The summed E-state index contributed by atoms with van der Waals surface area (Å²) in [6.45, 7) is 5.02. The minimum atomic E-state index is -0.785. The van der Waals surface area contributed by atoms with E-state index in [4.69, 9.17) is 5.11 Å². The maximum Gasteiger partial charge on any atom is 0.317 e. The summed E-state index contributed by atoms with van der Waals surface area (Å²) in [5.41, 5.74) is 0. The van der Waals surface area contributed by atoms with Gasteiger partial charge >= 0.3 is 12.0 Å². The van der Waals surface area contributed by atoms with Crippen molar-refractivity contribution >= 4 is 12.0 Å².